The number of hydrogen-bond acceptors (Lipinski definition) is 5. The minimum absolute atomic E-state index is 0.0736. The molecule has 0 spiro atoms. The van der Waals surface area contributed by atoms with Crippen molar-refractivity contribution in [2.75, 3.05) is 26.7 Å². The summed E-state index contributed by atoms with van der Waals surface area (Å²) >= 11 is 0. The first-order valence-electron chi connectivity index (χ1n) is 11.6. The summed E-state index contributed by atoms with van der Waals surface area (Å²) in [5, 5.41) is 9.85. The number of rotatable bonds is 8. The van der Waals surface area contributed by atoms with Crippen LogP contribution in [0.4, 0.5) is 4.39 Å². The summed E-state index contributed by atoms with van der Waals surface area (Å²) in [5.74, 6) is -1.45. The van der Waals surface area contributed by atoms with Gasteiger partial charge in [0.05, 0.1) is 6.54 Å². The Morgan fingerprint density at radius 1 is 1.17 bits per heavy atom. The predicted molar refractivity (Wildman–Crippen MR) is 124 cm³/mol. The molecular weight excluding hydrogens is 455 g/mol. The summed E-state index contributed by atoms with van der Waals surface area (Å²) in [4.78, 5) is 53.4. The number of hydrogen-bond donors (Lipinski definition) is 2. The molecule has 0 radical (unpaired) electrons. The first-order valence-corrected chi connectivity index (χ1v) is 11.6. The van der Waals surface area contributed by atoms with Crippen molar-refractivity contribution in [3.05, 3.63) is 53.1 Å². The van der Waals surface area contributed by atoms with Gasteiger partial charge in [-0.15, -0.1) is 0 Å². The smallest absolute Gasteiger partial charge is 0.272 e. The molecule has 0 bridgehead atoms. The van der Waals surface area contributed by atoms with E-state index in [1.54, 1.807) is 24.0 Å². The standard InChI is InChI=1S/C24H29FN6O4/c1-24(23(35)27-14-16-6-8-17(25)9-7-16)15-31-19(22(34)29(24)2)13-18(28-31)21(33)26-10-4-12-30-11-3-5-20(30)32/h6-9,13H,3-5,10-12,14-15H2,1-2H3,(H,26,33)(H,27,35). The molecule has 1 aromatic heterocycles. The van der Waals surface area contributed by atoms with Gasteiger partial charge in [0.1, 0.15) is 17.1 Å². The van der Waals surface area contributed by atoms with E-state index in [0.29, 0.717) is 25.9 Å². The molecule has 1 unspecified atom stereocenters. The quantitative estimate of drug-likeness (QED) is 0.541. The lowest BCUT2D eigenvalue weighted by molar-refractivity contribution is -0.132. The van der Waals surface area contributed by atoms with E-state index in [-0.39, 0.29) is 42.1 Å². The number of nitrogens with one attached hydrogen (secondary N) is 2. The first-order chi connectivity index (χ1) is 16.7. The number of halogens is 1. The minimum Gasteiger partial charge on any atom is -0.351 e. The summed E-state index contributed by atoms with van der Waals surface area (Å²) in [6, 6.07) is 7.20. The average molecular weight is 485 g/mol. The average Bonchev–Trinajstić information content (AvgIpc) is 3.45. The topological polar surface area (TPSA) is 117 Å². The third-order valence-electron chi connectivity index (χ3n) is 6.65. The van der Waals surface area contributed by atoms with Gasteiger partial charge in [0.15, 0.2) is 5.69 Å². The van der Waals surface area contributed by atoms with Crippen molar-refractivity contribution in [2.24, 2.45) is 0 Å². The Balaban J connectivity index is 1.37. The summed E-state index contributed by atoms with van der Waals surface area (Å²) < 4.78 is 14.5. The maximum Gasteiger partial charge on any atom is 0.272 e. The van der Waals surface area contributed by atoms with Crippen molar-refractivity contribution in [1.29, 1.82) is 0 Å². The molecule has 4 rings (SSSR count). The molecule has 1 aromatic carbocycles. The lowest BCUT2D eigenvalue weighted by atomic mass is 9.96. The van der Waals surface area contributed by atoms with E-state index in [1.807, 2.05) is 0 Å². The molecular formula is C24H29FN6O4. The fourth-order valence-electron chi connectivity index (χ4n) is 4.32. The van der Waals surface area contributed by atoms with Crippen molar-refractivity contribution < 1.29 is 23.6 Å². The Kier molecular flexibility index (Phi) is 6.86. The van der Waals surface area contributed by atoms with E-state index in [9.17, 15) is 23.6 Å². The van der Waals surface area contributed by atoms with Gasteiger partial charge in [0.2, 0.25) is 11.8 Å². The van der Waals surface area contributed by atoms with Gasteiger partial charge in [0, 0.05) is 45.7 Å². The largest absolute Gasteiger partial charge is 0.351 e. The second-order valence-corrected chi connectivity index (χ2v) is 9.11. The zero-order valence-electron chi connectivity index (χ0n) is 19.8. The number of nitrogens with zero attached hydrogens (tertiary/aromatic N) is 4. The lowest BCUT2D eigenvalue weighted by Crippen LogP contribution is -2.62. The maximum absolute atomic E-state index is 13.1. The van der Waals surface area contributed by atoms with E-state index in [4.69, 9.17) is 0 Å². The Hall–Kier alpha value is -3.76. The van der Waals surface area contributed by atoms with Crippen LogP contribution in [0, 0.1) is 5.82 Å². The van der Waals surface area contributed by atoms with Gasteiger partial charge >= 0.3 is 0 Å². The molecule has 2 aliphatic heterocycles. The van der Waals surface area contributed by atoms with Crippen LogP contribution in [0.2, 0.25) is 0 Å². The fourth-order valence-corrected chi connectivity index (χ4v) is 4.32. The molecule has 4 amide bonds. The maximum atomic E-state index is 13.1. The highest BCUT2D eigenvalue weighted by atomic mass is 19.1. The van der Waals surface area contributed by atoms with E-state index >= 15 is 0 Å². The molecule has 3 heterocycles. The lowest BCUT2D eigenvalue weighted by Gasteiger charge is -2.40. The van der Waals surface area contributed by atoms with Crippen molar-refractivity contribution in [2.45, 2.75) is 44.8 Å². The molecule has 10 nitrogen and oxygen atoms in total. The first kappa shape index (κ1) is 24.4. The Morgan fingerprint density at radius 2 is 1.91 bits per heavy atom. The highest BCUT2D eigenvalue weighted by molar-refractivity contribution is 6.01. The molecule has 2 aliphatic rings. The number of aromatic nitrogens is 2. The molecule has 2 aromatic rings. The van der Waals surface area contributed by atoms with Crippen molar-refractivity contribution in [1.82, 2.24) is 30.2 Å². The highest BCUT2D eigenvalue weighted by Gasteiger charge is 2.46. The molecule has 2 N–H and O–H groups in total. The van der Waals surface area contributed by atoms with Crippen LogP contribution in [0.3, 0.4) is 0 Å². The Labute approximate surface area is 202 Å². The van der Waals surface area contributed by atoms with Crippen LogP contribution >= 0.6 is 0 Å². The number of likely N-dealkylation sites (N-methyl/N-ethyl adjacent to an activating group) is 1. The van der Waals surface area contributed by atoms with Gasteiger partial charge in [-0.2, -0.15) is 5.10 Å². The SMILES string of the molecule is CN1C(=O)c2cc(C(=O)NCCCN3CCCC3=O)nn2CC1(C)C(=O)NCc1ccc(F)cc1. The number of likely N-dealkylation sites (tertiary alicyclic amines) is 1. The van der Waals surface area contributed by atoms with Crippen LogP contribution in [-0.2, 0) is 22.7 Å². The van der Waals surface area contributed by atoms with Crippen LogP contribution in [0.5, 0.6) is 0 Å². The second kappa shape index (κ2) is 9.85. The van der Waals surface area contributed by atoms with Crippen LogP contribution in [-0.4, -0.2) is 75.4 Å². The van der Waals surface area contributed by atoms with Gasteiger partial charge in [-0.25, -0.2) is 4.39 Å². The zero-order valence-corrected chi connectivity index (χ0v) is 19.8. The molecule has 11 heteroatoms. The van der Waals surface area contributed by atoms with Gasteiger partial charge in [-0.1, -0.05) is 12.1 Å². The normalized spacial score (nSPS) is 19.6. The third kappa shape index (κ3) is 5.03. The van der Waals surface area contributed by atoms with E-state index < -0.39 is 17.4 Å². The number of amides is 4. The number of carbonyl (C=O) groups excluding carboxylic acids is 4. The molecule has 0 saturated carbocycles. The van der Waals surface area contributed by atoms with Gasteiger partial charge in [0.25, 0.3) is 11.8 Å². The van der Waals surface area contributed by atoms with Crippen LogP contribution in [0.15, 0.2) is 30.3 Å². The van der Waals surface area contributed by atoms with Crippen LogP contribution < -0.4 is 10.6 Å². The number of carbonyl (C=O) groups is 4. The van der Waals surface area contributed by atoms with Gasteiger partial charge in [-0.05, 0) is 37.5 Å². The van der Waals surface area contributed by atoms with E-state index in [0.717, 1.165) is 18.5 Å². The summed E-state index contributed by atoms with van der Waals surface area (Å²) in [5.41, 5.74) is -0.188. The summed E-state index contributed by atoms with van der Waals surface area (Å²) in [6.45, 7) is 3.61. The monoisotopic (exact) mass is 484 g/mol. The predicted octanol–water partition coefficient (Wildman–Crippen LogP) is 0.925. The van der Waals surface area contributed by atoms with Crippen LogP contribution in [0.1, 0.15) is 52.7 Å². The van der Waals surface area contributed by atoms with Gasteiger partial charge in [-0.3, -0.25) is 23.9 Å². The molecule has 186 valence electrons. The molecule has 0 aliphatic carbocycles. The molecule has 1 atom stereocenters. The zero-order chi connectivity index (χ0) is 25.2. The fraction of sp³-hybridized carbons (Fsp3) is 0.458. The van der Waals surface area contributed by atoms with Crippen molar-refractivity contribution in [3.63, 3.8) is 0 Å². The number of benzene rings is 1. The third-order valence-corrected chi connectivity index (χ3v) is 6.65. The summed E-state index contributed by atoms with van der Waals surface area (Å²) in [7, 11) is 1.54. The molecule has 35 heavy (non-hydrogen) atoms. The summed E-state index contributed by atoms with van der Waals surface area (Å²) in [6.07, 6.45) is 2.08. The Bertz CT molecular complexity index is 1150. The number of fused-ring (bicyclic) bond motifs is 1. The molecule has 1 saturated heterocycles. The minimum atomic E-state index is -1.23. The van der Waals surface area contributed by atoms with Crippen molar-refractivity contribution in [3.8, 4) is 0 Å². The Morgan fingerprint density at radius 3 is 2.60 bits per heavy atom. The second-order valence-electron chi connectivity index (χ2n) is 9.11. The van der Waals surface area contributed by atoms with Crippen LogP contribution in [0.25, 0.3) is 0 Å². The van der Waals surface area contributed by atoms with Gasteiger partial charge < -0.3 is 20.4 Å². The van der Waals surface area contributed by atoms with E-state index in [1.165, 1.54) is 34.8 Å². The van der Waals surface area contributed by atoms with Crippen molar-refractivity contribution >= 4 is 23.6 Å². The van der Waals surface area contributed by atoms with E-state index in [2.05, 4.69) is 15.7 Å². The molecule has 1 fully saturated rings. The highest BCUT2D eigenvalue weighted by Crippen LogP contribution is 2.26.